The fraction of sp³-hybridized carbons (Fsp3) is 0.462. The lowest BCUT2D eigenvalue weighted by atomic mass is 9.86. The van der Waals surface area contributed by atoms with Crippen LogP contribution in [0, 0.1) is 5.41 Å². The molecule has 0 saturated heterocycles. The molecular formula is C13H17ClO3. The molecule has 0 heterocycles. The average molecular weight is 257 g/mol. The standard InChI is InChI=1S/C13H17ClO3/c1-13(2,12(15)16)7-6-9-4-5-11(17-3)10(14)8-9/h4-5,8H,6-7H2,1-3H3,(H,15,16). The van der Waals surface area contributed by atoms with E-state index < -0.39 is 11.4 Å². The number of aryl methyl sites for hydroxylation is 1. The zero-order valence-electron chi connectivity index (χ0n) is 10.3. The lowest BCUT2D eigenvalue weighted by Crippen LogP contribution is -2.24. The number of halogens is 1. The lowest BCUT2D eigenvalue weighted by molar-refractivity contribution is -0.147. The van der Waals surface area contributed by atoms with Crippen LogP contribution in [0.2, 0.25) is 5.02 Å². The molecule has 17 heavy (non-hydrogen) atoms. The van der Waals surface area contributed by atoms with E-state index in [0.29, 0.717) is 23.6 Å². The van der Waals surface area contributed by atoms with Crippen molar-refractivity contribution in [3.05, 3.63) is 28.8 Å². The maximum atomic E-state index is 11.0. The monoisotopic (exact) mass is 256 g/mol. The molecular weight excluding hydrogens is 240 g/mol. The largest absolute Gasteiger partial charge is 0.495 e. The average Bonchev–Trinajstić information content (AvgIpc) is 2.26. The summed E-state index contributed by atoms with van der Waals surface area (Å²) >= 11 is 6.00. The van der Waals surface area contributed by atoms with Gasteiger partial charge in [-0.15, -0.1) is 0 Å². The third kappa shape index (κ3) is 3.63. The summed E-state index contributed by atoms with van der Waals surface area (Å²) in [6, 6.07) is 5.52. The lowest BCUT2D eigenvalue weighted by Gasteiger charge is -2.18. The van der Waals surface area contributed by atoms with Gasteiger partial charge in [0.25, 0.3) is 0 Å². The van der Waals surface area contributed by atoms with Gasteiger partial charge in [0.15, 0.2) is 0 Å². The van der Waals surface area contributed by atoms with Crippen molar-refractivity contribution < 1.29 is 14.6 Å². The van der Waals surface area contributed by atoms with Crippen LogP contribution in [0.1, 0.15) is 25.8 Å². The van der Waals surface area contributed by atoms with Crippen molar-refractivity contribution in [3.63, 3.8) is 0 Å². The number of ether oxygens (including phenoxy) is 1. The molecule has 1 N–H and O–H groups in total. The molecule has 0 radical (unpaired) electrons. The molecule has 0 aliphatic rings. The van der Waals surface area contributed by atoms with Crippen molar-refractivity contribution in [1.29, 1.82) is 0 Å². The summed E-state index contributed by atoms with van der Waals surface area (Å²) in [6.07, 6.45) is 1.26. The first-order valence-electron chi connectivity index (χ1n) is 5.42. The maximum Gasteiger partial charge on any atom is 0.309 e. The van der Waals surface area contributed by atoms with Crippen LogP contribution in [-0.4, -0.2) is 18.2 Å². The highest BCUT2D eigenvalue weighted by Gasteiger charge is 2.26. The molecule has 0 amide bonds. The molecule has 0 atom stereocenters. The number of aliphatic carboxylic acids is 1. The summed E-state index contributed by atoms with van der Waals surface area (Å²) in [5, 5.41) is 9.56. The van der Waals surface area contributed by atoms with Gasteiger partial charge in [0, 0.05) is 0 Å². The predicted octanol–water partition coefficient (Wildman–Crippen LogP) is 3.39. The van der Waals surface area contributed by atoms with E-state index in [1.807, 2.05) is 12.1 Å². The number of rotatable bonds is 5. The Labute approximate surface area is 106 Å². The quantitative estimate of drug-likeness (QED) is 0.878. The second-order valence-electron chi connectivity index (χ2n) is 4.66. The van der Waals surface area contributed by atoms with Crippen molar-refractivity contribution in [3.8, 4) is 5.75 Å². The topological polar surface area (TPSA) is 46.5 Å². The van der Waals surface area contributed by atoms with Crippen molar-refractivity contribution in [2.45, 2.75) is 26.7 Å². The van der Waals surface area contributed by atoms with E-state index in [9.17, 15) is 4.79 Å². The van der Waals surface area contributed by atoms with Gasteiger partial charge in [-0.05, 0) is 44.4 Å². The number of benzene rings is 1. The summed E-state index contributed by atoms with van der Waals surface area (Å²) in [7, 11) is 1.56. The molecule has 0 fully saturated rings. The van der Waals surface area contributed by atoms with Gasteiger partial charge in [-0.1, -0.05) is 17.7 Å². The Morgan fingerprint density at radius 1 is 1.47 bits per heavy atom. The van der Waals surface area contributed by atoms with Crippen molar-refractivity contribution in [1.82, 2.24) is 0 Å². The molecule has 0 bridgehead atoms. The van der Waals surface area contributed by atoms with Crippen LogP contribution >= 0.6 is 11.6 Å². The van der Waals surface area contributed by atoms with Gasteiger partial charge in [0.1, 0.15) is 5.75 Å². The minimum atomic E-state index is -0.780. The first-order chi connectivity index (χ1) is 7.86. The molecule has 3 nitrogen and oxygen atoms in total. The van der Waals surface area contributed by atoms with Gasteiger partial charge >= 0.3 is 5.97 Å². The van der Waals surface area contributed by atoms with Crippen LogP contribution in [0.25, 0.3) is 0 Å². The molecule has 1 aromatic rings. The smallest absolute Gasteiger partial charge is 0.309 e. The highest BCUT2D eigenvalue weighted by molar-refractivity contribution is 6.32. The molecule has 0 unspecified atom stereocenters. The van der Waals surface area contributed by atoms with Gasteiger partial charge in [0.2, 0.25) is 0 Å². The van der Waals surface area contributed by atoms with Gasteiger partial charge < -0.3 is 9.84 Å². The van der Waals surface area contributed by atoms with Crippen LogP contribution in [0.5, 0.6) is 5.75 Å². The third-order valence-corrected chi connectivity index (χ3v) is 3.13. The van der Waals surface area contributed by atoms with E-state index in [2.05, 4.69) is 0 Å². The number of carboxylic acid groups (broad SMARTS) is 1. The molecule has 0 spiro atoms. The van der Waals surface area contributed by atoms with Crippen LogP contribution in [0.3, 0.4) is 0 Å². The molecule has 94 valence electrons. The minimum absolute atomic E-state index is 0.554. The molecule has 1 aromatic carbocycles. The van der Waals surface area contributed by atoms with Gasteiger partial charge in [-0.25, -0.2) is 0 Å². The van der Waals surface area contributed by atoms with Crippen LogP contribution < -0.4 is 4.74 Å². The molecule has 0 aliphatic heterocycles. The van der Waals surface area contributed by atoms with Crippen molar-refractivity contribution in [2.75, 3.05) is 7.11 Å². The Morgan fingerprint density at radius 3 is 2.59 bits per heavy atom. The molecule has 0 saturated carbocycles. The highest BCUT2D eigenvalue weighted by Crippen LogP contribution is 2.28. The molecule has 4 heteroatoms. The van der Waals surface area contributed by atoms with Gasteiger partial charge in [0.05, 0.1) is 17.5 Å². The summed E-state index contributed by atoms with van der Waals surface area (Å²) in [5.41, 5.74) is 0.303. The maximum absolute atomic E-state index is 11.0. The van der Waals surface area contributed by atoms with E-state index in [4.69, 9.17) is 21.4 Å². The number of hydrogen-bond acceptors (Lipinski definition) is 2. The Morgan fingerprint density at radius 2 is 2.12 bits per heavy atom. The minimum Gasteiger partial charge on any atom is -0.495 e. The Hall–Kier alpha value is -1.22. The second-order valence-corrected chi connectivity index (χ2v) is 5.07. The molecule has 1 rings (SSSR count). The molecule has 0 aromatic heterocycles. The van der Waals surface area contributed by atoms with E-state index in [1.54, 1.807) is 27.0 Å². The zero-order valence-corrected chi connectivity index (χ0v) is 11.0. The summed E-state index contributed by atoms with van der Waals surface area (Å²) in [5.74, 6) is -0.148. The van der Waals surface area contributed by atoms with E-state index >= 15 is 0 Å². The van der Waals surface area contributed by atoms with Crippen molar-refractivity contribution >= 4 is 17.6 Å². The third-order valence-electron chi connectivity index (χ3n) is 2.83. The zero-order chi connectivity index (χ0) is 13.1. The van der Waals surface area contributed by atoms with Gasteiger partial charge in [-0.3, -0.25) is 4.79 Å². The first-order valence-corrected chi connectivity index (χ1v) is 5.80. The summed E-state index contributed by atoms with van der Waals surface area (Å²) < 4.78 is 5.06. The number of hydrogen-bond donors (Lipinski definition) is 1. The Bertz CT molecular complexity index is 413. The highest BCUT2D eigenvalue weighted by atomic mass is 35.5. The predicted molar refractivity (Wildman–Crippen MR) is 67.7 cm³/mol. The molecule has 0 aliphatic carbocycles. The van der Waals surface area contributed by atoms with E-state index in [0.717, 1.165) is 5.56 Å². The van der Waals surface area contributed by atoms with Gasteiger partial charge in [-0.2, -0.15) is 0 Å². The summed E-state index contributed by atoms with van der Waals surface area (Å²) in [6.45, 7) is 3.45. The van der Waals surface area contributed by atoms with E-state index in [1.165, 1.54) is 0 Å². The SMILES string of the molecule is COc1ccc(CCC(C)(C)C(=O)O)cc1Cl. The first kappa shape index (κ1) is 13.8. The fourth-order valence-corrected chi connectivity index (χ4v) is 1.71. The fourth-order valence-electron chi connectivity index (χ4n) is 1.43. The van der Waals surface area contributed by atoms with Crippen LogP contribution in [-0.2, 0) is 11.2 Å². The number of carbonyl (C=O) groups is 1. The Balaban J connectivity index is 2.71. The normalized spacial score (nSPS) is 11.3. The number of carboxylic acids is 1. The van der Waals surface area contributed by atoms with Crippen LogP contribution in [0.4, 0.5) is 0 Å². The second kappa shape index (κ2) is 5.41. The van der Waals surface area contributed by atoms with E-state index in [-0.39, 0.29) is 0 Å². The van der Waals surface area contributed by atoms with Crippen LogP contribution in [0.15, 0.2) is 18.2 Å². The number of methoxy groups -OCH3 is 1. The summed E-state index contributed by atoms with van der Waals surface area (Å²) in [4.78, 5) is 11.0. The Kier molecular flexibility index (Phi) is 4.40. The van der Waals surface area contributed by atoms with Crippen molar-refractivity contribution in [2.24, 2.45) is 5.41 Å².